The van der Waals surface area contributed by atoms with Gasteiger partial charge in [0.05, 0.1) is 0 Å². The van der Waals surface area contributed by atoms with Gasteiger partial charge in [-0.15, -0.1) is 0 Å². The van der Waals surface area contributed by atoms with Gasteiger partial charge in [0, 0.05) is 32.6 Å². The van der Waals surface area contributed by atoms with E-state index in [1.54, 1.807) is 0 Å². The van der Waals surface area contributed by atoms with Crippen LogP contribution in [0.15, 0.2) is 24.3 Å². The van der Waals surface area contributed by atoms with Crippen LogP contribution in [0.4, 0.5) is 5.69 Å². The first-order chi connectivity index (χ1) is 7.66. The molecule has 2 heteroatoms. The summed E-state index contributed by atoms with van der Waals surface area (Å²) in [6, 6.07) is 8.73. The van der Waals surface area contributed by atoms with Crippen molar-refractivity contribution in [3.63, 3.8) is 0 Å². The third-order valence-corrected chi connectivity index (χ3v) is 3.42. The van der Waals surface area contributed by atoms with E-state index in [1.165, 1.54) is 11.3 Å². The maximum atomic E-state index is 11.2. The van der Waals surface area contributed by atoms with Crippen LogP contribution in [0, 0.1) is 0 Å². The minimum atomic E-state index is 0.432. The number of anilines is 1. The van der Waals surface area contributed by atoms with Crippen molar-refractivity contribution in [1.82, 2.24) is 0 Å². The van der Waals surface area contributed by atoms with Crippen molar-refractivity contribution in [2.24, 2.45) is 0 Å². The molecule has 0 spiro atoms. The number of nitrogens with zero attached hydrogens (tertiary/aromatic N) is 1. The van der Waals surface area contributed by atoms with Gasteiger partial charge in [-0.1, -0.05) is 12.1 Å². The highest BCUT2D eigenvalue weighted by Crippen LogP contribution is 2.31. The standard InChI is InChI=1S/C14H19NO/c1-15(2)13-7-3-11(4-8-13)12-5-9-14(16)10-6-12/h3-4,7-8,12H,5-6,9-10H2,1-2H3. The van der Waals surface area contributed by atoms with Crippen molar-refractivity contribution >= 4 is 11.5 Å². The largest absolute Gasteiger partial charge is 0.378 e. The maximum Gasteiger partial charge on any atom is 0.132 e. The Kier molecular flexibility index (Phi) is 3.28. The number of rotatable bonds is 2. The van der Waals surface area contributed by atoms with Crippen LogP contribution in [-0.2, 0) is 4.79 Å². The molecular formula is C14H19NO. The van der Waals surface area contributed by atoms with Crippen LogP contribution < -0.4 is 4.90 Å². The van der Waals surface area contributed by atoms with Crippen LogP contribution in [0.5, 0.6) is 0 Å². The van der Waals surface area contributed by atoms with Crippen molar-refractivity contribution in [3.05, 3.63) is 29.8 Å². The Balaban J connectivity index is 2.07. The first-order valence-corrected chi connectivity index (χ1v) is 5.96. The molecule has 1 aliphatic carbocycles. The highest BCUT2D eigenvalue weighted by Gasteiger charge is 2.19. The molecule has 0 amide bonds. The summed E-state index contributed by atoms with van der Waals surface area (Å²) >= 11 is 0. The van der Waals surface area contributed by atoms with E-state index in [9.17, 15) is 4.79 Å². The molecule has 1 fully saturated rings. The monoisotopic (exact) mass is 217 g/mol. The molecule has 0 aromatic heterocycles. The highest BCUT2D eigenvalue weighted by atomic mass is 16.1. The number of Topliss-reactive ketones (excluding diaryl/α,β-unsaturated/α-hetero) is 1. The zero-order chi connectivity index (χ0) is 11.5. The number of hydrogen-bond acceptors (Lipinski definition) is 2. The van der Waals surface area contributed by atoms with E-state index in [0.29, 0.717) is 11.7 Å². The van der Waals surface area contributed by atoms with Gasteiger partial charge in [-0.25, -0.2) is 0 Å². The molecule has 2 nitrogen and oxygen atoms in total. The molecule has 0 radical (unpaired) electrons. The van der Waals surface area contributed by atoms with Crippen LogP contribution in [0.25, 0.3) is 0 Å². The average Bonchev–Trinajstić information content (AvgIpc) is 2.30. The van der Waals surface area contributed by atoms with E-state index in [4.69, 9.17) is 0 Å². The Hall–Kier alpha value is -1.31. The molecule has 0 atom stereocenters. The van der Waals surface area contributed by atoms with E-state index in [0.717, 1.165) is 25.7 Å². The Labute approximate surface area is 97.3 Å². The van der Waals surface area contributed by atoms with Gasteiger partial charge in [-0.05, 0) is 36.5 Å². The maximum absolute atomic E-state index is 11.2. The zero-order valence-corrected chi connectivity index (χ0v) is 10.1. The summed E-state index contributed by atoms with van der Waals surface area (Å²) in [6.45, 7) is 0. The lowest BCUT2D eigenvalue weighted by Crippen LogP contribution is -2.13. The first-order valence-electron chi connectivity index (χ1n) is 5.96. The molecule has 16 heavy (non-hydrogen) atoms. The fourth-order valence-corrected chi connectivity index (χ4v) is 2.32. The summed E-state index contributed by atoms with van der Waals surface area (Å²) in [7, 11) is 4.10. The predicted molar refractivity (Wildman–Crippen MR) is 67.0 cm³/mol. The number of carbonyl (C=O) groups is 1. The fourth-order valence-electron chi connectivity index (χ4n) is 2.32. The van der Waals surface area contributed by atoms with Crippen molar-refractivity contribution in [3.8, 4) is 0 Å². The van der Waals surface area contributed by atoms with E-state index >= 15 is 0 Å². The molecule has 86 valence electrons. The van der Waals surface area contributed by atoms with Gasteiger partial charge < -0.3 is 4.90 Å². The topological polar surface area (TPSA) is 20.3 Å². The molecule has 0 heterocycles. The van der Waals surface area contributed by atoms with Gasteiger partial charge in [0.1, 0.15) is 5.78 Å². The second-order valence-electron chi connectivity index (χ2n) is 4.80. The summed E-state index contributed by atoms with van der Waals surface area (Å²) in [4.78, 5) is 13.3. The summed E-state index contributed by atoms with van der Waals surface area (Å²) in [5, 5.41) is 0. The summed E-state index contributed by atoms with van der Waals surface area (Å²) in [5.74, 6) is 1.02. The van der Waals surface area contributed by atoms with Crippen molar-refractivity contribution in [2.45, 2.75) is 31.6 Å². The fraction of sp³-hybridized carbons (Fsp3) is 0.500. The van der Waals surface area contributed by atoms with Crippen molar-refractivity contribution in [1.29, 1.82) is 0 Å². The molecule has 0 bridgehead atoms. The minimum absolute atomic E-state index is 0.432. The van der Waals surface area contributed by atoms with Crippen LogP contribution in [-0.4, -0.2) is 19.9 Å². The minimum Gasteiger partial charge on any atom is -0.378 e. The Morgan fingerprint density at radius 2 is 1.62 bits per heavy atom. The quantitative estimate of drug-likeness (QED) is 0.759. The van der Waals surface area contributed by atoms with Gasteiger partial charge in [0.25, 0.3) is 0 Å². The lowest BCUT2D eigenvalue weighted by atomic mass is 9.83. The third kappa shape index (κ3) is 2.43. The van der Waals surface area contributed by atoms with Crippen LogP contribution in [0.2, 0.25) is 0 Å². The van der Waals surface area contributed by atoms with E-state index in [2.05, 4.69) is 29.2 Å². The first kappa shape index (κ1) is 11.2. The normalized spacial score (nSPS) is 17.5. The summed E-state index contributed by atoms with van der Waals surface area (Å²) < 4.78 is 0. The second kappa shape index (κ2) is 4.69. The second-order valence-corrected chi connectivity index (χ2v) is 4.80. The molecule has 1 aromatic rings. The SMILES string of the molecule is CN(C)c1ccc(C2CCC(=O)CC2)cc1. The van der Waals surface area contributed by atoms with Crippen LogP contribution in [0.3, 0.4) is 0 Å². The van der Waals surface area contributed by atoms with Gasteiger partial charge >= 0.3 is 0 Å². The smallest absolute Gasteiger partial charge is 0.132 e. The van der Waals surface area contributed by atoms with Gasteiger partial charge in [-0.3, -0.25) is 4.79 Å². The molecule has 1 saturated carbocycles. The third-order valence-electron chi connectivity index (χ3n) is 3.42. The predicted octanol–water partition coefficient (Wildman–Crippen LogP) is 2.98. The summed E-state index contributed by atoms with van der Waals surface area (Å²) in [6.07, 6.45) is 3.58. The number of benzene rings is 1. The number of hydrogen-bond donors (Lipinski definition) is 0. The number of carbonyl (C=O) groups excluding carboxylic acids is 1. The average molecular weight is 217 g/mol. The van der Waals surface area contributed by atoms with Gasteiger partial charge in [0.15, 0.2) is 0 Å². The number of ketones is 1. The molecule has 1 aromatic carbocycles. The molecule has 0 aliphatic heterocycles. The molecule has 0 N–H and O–H groups in total. The van der Waals surface area contributed by atoms with Crippen molar-refractivity contribution < 1.29 is 4.79 Å². The molecule has 0 unspecified atom stereocenters. The van der Waals surface area contributed by atoms with Crippen LogP contribution in [0.1, 0.15) is 37.2 Å². The van der Waals surface area contributed by atoms with E-state index in [-0.39, 0.29) is 0 Å². The van der Waals surface area contributed by atoms with Crippen LogP contribution >= 0.6 is 0 Å². The zero-order valence-electron chi connectivity index (χ0n) is 10.1. The molecule has 1 aliphatic rings. The van der Waals surface area contributed by atoms with Crippen molar-refractivity contribution in [2.75, 3.05) is 19.0 Å². The Bertz CT molecular complexity index is 357. The molecule has 0 saturated heterocycles. The molecular weight excluding hydrogens is 198 g/mol. The van der Waals surface area contributed by atoms with E-state index < -0.39 is 0 Å². The molecule has 2 rings (SSSR count). The summed E-state index contributed by atoms with van der Waals surface area (Å²) in [5.41, 5.74) is 2.62. The van der Waals surface area contributed by atoms with E-state index in [1.807, 2.05) is 14.1 Å². The Morgan fingerprint density at radius 3 is 2.12 bits per heavy atom. The van der Waals surface area contributed by atoms with Gasteiger partial charge in [0.2, 0.25) is 0 Å². The lowest BCUT2D eigenvalue weighted by Gasteiger charge is -2.22. The van der Waals surface area contributed by atoms with Gasteiger partial charge in [-0.2, -0.15) is 0 Å². The lowest BCUT2D eigenvalue weighted by molar-refractivity contribution is -0.120. The Morgan fingerprint density at radius 1 is 1.06 bits per heavy atom. The highest BCUT2D eigenvalue weighted by molar-refractivity contribution is 5.79.